The lowest BCUT2D eigenvalue weighted by Crippen LogP contribution is -2.40. The molecule has 5 nitrogen and oxygen atoms in total. The summed E-state index contributed by atoms with van der Waals surface area (Å²) in [7, 11) is 1.51. The van der Waals surface area contributed by atoms with Crippen molar-refractivity contribution in [2.24, 2.45) is 0 Å². The molecule has 112 valence electrons. The van der Waals surface area contributed by atoms with E-state index >= 15 is 0 Å². The van der Waals surface area contributed by atoms with Gasteiger partial charge in [0.25, 0.3) is 5.91 Å². The number of carbonyl (C=O) groups excluding carboxylic acids is 1. The summed E-state index contributed by atoms with van der Waals surface area (Å²) in [5.74, 6) is 0.220. The highest BCUT2D eigenvalue weighted by molar-refractivity contribution is 5.97. The molecule has 20 heavy (non-hydrogen) atoms. The van der Waals surface area contributed by atoms with Crippen LogP contribution in [0.3, 0.4) is 0 Å². The van der Waals surface area contributed by atoms with Gasteiger partial charge >= 0.3 is 0 Å². The molecule has 1 amide bonds. The van der Waals surface area contributed by atoms with Gasteiger partial charge in [0, 0.05) is 13.2 Å². The molecule has 0 heterocycles. The van der Waals surface area contributed by atoms with Gasteiger partial charge in [0.15, 0.2) is 0 Å². The fraction of sp³-hybridized carbons (Fsp3) is 0.533. The largest absolute Gasteiger partial charge is 0.496 e. The molecule has 5 heteroatoms. The van der Waals surface area contributed by atoms with E-state index < -0.39 is 5.60 Å². The third-order valence-corrected chi connectivity index (χ3v) is 3.10. The fourth-order valence-electron chi connectivity index (χ4n) is 1.91. The van der Waals surface area contributed by atoms with Crippen molar-refractivity contribution in [2.45, 2.75) is 32.3 Å². The Kier molecular flexibility index (Phi) is 5.98. The summed E-state index contributed by atoms with van der Waals surface area (Å²) in [5.41, 5.74) is 0.378. The SMILES string of the molecule is COc1ccc(C)cc1C(=O)NC[C@@](C)(O)CCCO. The van der Waals surface area contributed by atoms with Crippen LogP contribution in [0.2, 0.25) is 0 Å². The van der Waals surface area contributed by atoms with Crippen molar-refractivity contribution < 1.29 is 19.7 Å². The minimum atomic E-state index is -1.03. The second-order valence-corrected chi connectivity index (χ2v) is 5.21. The Morgan fingerprint density at radius 2 is 2.15 bits per heavy atom. The Balaban J connectivity index is 2.69. The molecule has 0 radical (unpaired) electrons. The van der Waals surface area contributed by atoms with E-state index in [1.54, 1.807) is 19.1 Å². The maximum atomic E-state index is 12.1. The maximum Gasteiger partial charge on any atom is 0.255 e. The molecule has 1 aromatic rings. The first kappa shape index (κ1) is 16.5. The molecule has 0 aliphatic carbocycles. The smallest absolute Gasteiger partial charge is 0.255 e. The van der Waals surface area contributed by atoms with Gasteiger partial charge in [-0.05, 0) is 38.8 Å². The summed E-state index contributed by atoms with van der Waals surface area (Å²) in [4.78, 5) is 12.1. The first-order valence-corrected chi connectivity index (χ1v) is 6.66. The quantitative estimate of drug-likeness (QED) is 0.703. The van der Waals surface area contributed by atoms with Crippen molar-refractivity contribution in [3.63, 3.8) is 0 Å². The van der Waals surface area contributed by atoms with Crippen molar-refractivity contribution in [1.29, 1.82) is 0 Å². The van der Waals surface area contributed by atoms with Gasteiger partial charge in [0.2, 0.25) is 0 Å². The number of ether oxygens (including phenoxy) is 1. The Hall–Kier alpha value is -1.59. The van der Waals surface area contributed by atoms with E-state index in [1.807, 2.05) is 13.0 Å². The van der Waals surface area contributed by atoms with Gasteiger partial charge in [-0.25, -0.2) is 0 Å². The Morgan fingerprint density at radius 3 is 2.75 bits per heavy atom. The number of methoxy groups -OCH3 is 1. The van der Waals surface area contributed by atoms with E-state index in [0.717, 1.165) is 5.56 Å². The number of aliphatic hydroxyl groups excluding tert-OH is 1. The summed E-state index contributed by atoms with van der Waals surface area (Å²) in [6.07, 6.45) is 0.922. The molecule has 0 aromatic heterocycles. The van der Waals surface area contributed by atoms with Crippen LogP contribution in [0.25, 0.3) is 0 Å². The zero-order valence-corrected chi connectivity index (χ0v) is 12.3. The molecule has 0 spiro atoms. The molecule has 0 unspecified atom stereocenters. The molecule has 3 N–H and O–H groups in total. The zero-order chi connectivity index (χ0) is 15.2. The fourth-order valence-corrected chi connectivity index (χ4v) is 1.91. The molecule has 0 saturated carbocycles. The van der Waals surface area contributed by atoms with Crippen molar-refractivity contribution in [2.75, 3.05) is 20.3 Å². The first-order chi connectivity index (χ1) is 9.39. The number of benzene rings is 1. The first-order valence-electron chi connectivity index (χ1n) is 6.66. The van der Waals surface area contributed by atoms with Crippen molar-refractivity contribution in [1.82, 2.24) is 5.32 Å². The molecule has 1 aromatic carbocycles. The monoisotopic (exact) mass is 281 g/mol. The minimum Gasteiger partial charge on any atom is -0.496 e. The van der Waals surface area contributed by atoms with E-state index in [2.05, 4.69) is 5.32 Å². The van der Waals surface area contributed by atoms with Crippen molar-refractivity contribution in [3.05, 3.63) is 29.3 Å². The van der Waals surface area contributed by atoms with Gasteiger partial charge in [-0.15, -0.1) is 0 Å². The molecular formula is C15H23NO4. The Labute approximate surface area is 119 Å². The molecule has 0 saturated heterocycles. The molecule has 0 aliphatic rings. The predicted molar refractivity (Wildman–Crippen MR) is 77.0 cm³/mol. The highest BCUT2D eigenvalue weighted by Gasteiger charge is 2.22. The normalized spacial score (nSPS) is 13.7. The van der Waals surface area contributed by atoms with Crippen LogP contribution in [-0.2, 0) is 0 Å². The number of carbonyl (C=O) groups is 1. The molecule has 1 rings (SSSR count). The van der Waals surface area contributed by atoms with Crippen LogP contribution in [0.5, 0.6) is 5.75 Å². The third-order valence-electron chi connectivity index (χ3n) is 3.10. The second-order valence-electron chi connectivity index (χ2n) is 5.21. The summed E-state index contributed by atoms with van der Waals surface area (Å²) >= 11 is 0. The summed E-state index contributed by atoms with van der Waals surface area (Å²) in [6, 6.07) is 5.36. The van der Waals surface area contributed by atoms with Crippen LogP contribution >= 0.6 is 0 Å². The van der Waals surface area contributed by atoms with Crippen LogP contribution in [-0.4, -0.2) is 42.0 Å². The van der Waals surface area contributed by atoms with E-state index in [0.29, 0.717) is 24.2 Å². The third kappa shape index (κ3) is 4.83. The molecular weight excluding hydrogens is 258 g/mol. The van der Waals surface area contributed by atoms with Crippen LogP contribution in [0.1, 0.15) is 35.7 Å². The summed E-state index contributed by atoms with van der Waals surface area (Å²) in [6.45, 7) is 3.68. The van der Waals surface area contributed by atoms with Crippen LogP contribution < -0.4 is 10.1 Å². The average Bonchev–Trinajstić information content (AvgIpc) is 2.42. The lowest BCUT2D eigenvalue weighted by Gasteiger charge is -2.23. The van der Waals surface area contributed by atoms with Gasteiger partial charge in [-0.1, -0.05) is 11.6 Å². The molecule has 0 bridgehead atoms. The lowest BCUT2D eigenvalue weighted by atomic mass is 10.00. The summed E-state index contributed by atoms with van der Waals surface area (Å²) < 4.78 is 5.16. The number of nitrogens with one attached hydrogen (secondary N) is 1. The van der Waals surface area contributed by atoms with Gasteiger partial charge < -0.3 is 20.3 Å². The van der Waals surface area contributed by atoms with Crippen LogP contribution in [0, 0.1) is 6.92 Å². The topological polar surface area (TPSA) is 78.8 Å². The van der Waals surface area contributed by atoms with Gasteiger partial charge in [0.1, 0.15) is 5.75 Å². The summed E-state index contributed by atoms with van der Waals surface area (Å²) in [5, 5.41) is 21.5. The Bertz CT molecular complexity index is 457. The van der Waals surface area contributed by atoms with Crippen LogP contribution in [0.4, 0.5) is 0 Å². The van der Waals surface area contributed by atoms with Gasteiger partial charge in [-0.2, -0.15) is 0 Å². The standard InChI is InChI=1S/C15H23NO4/c1-11-5-6-13(20-3)12(9-11)14(18)16-10-15(2,19)7-4-8-17/h5-6,9,17,19H,4,7-8,10H2,1-3H3,(H,16,18)/t15-/m0/s1. The highest BCUT2D eigenvalue weighted by atomic mass is 16.5. The zero-order valence-electron chi connectivity index (χ0n) is 12.3. The van der Waals surface area contributed by atoms with E-state index in [4.69, 9.17) is 9.84 Å². The predicted octanol–water partition coefficient (Wildman–Crippen LogP) is 1.26. The minimum absolute atomic E-state index is 0.0236. The van der Waals surface area contributed by atoms with E-state index in [1.165, 1.54) is 7.11 Å². The van der Waals surface area contributed by atoms with Gasteiger partial charge in [0.05, 0.1) is 18.3 Å². The van der Waals surface area contributed by atoms with E-state index in [9.17, 15) is 9.90 Å². The molecule has 0 fully saturated rings. The highest BCUT2D eigenvalue weighted by Crippen LogP contribution is 2.20. The van der Waals surface area contributed by atoms with E-state index in [-0.39, 0.29) is 19.1 Å². The van der Waals surface area contributed by atoms with Gasteiger partial charge in [-0.3, -0.25) is 4.79 Å². The number of hydrogen-bond acceptors (Lipinski definition) is 4. The number of rotatable bonds is 7. The van der Waals surface area contributed by atoms with Crippen molar-refractivity contribution in [3.8, 4) is 5.75 Å². The number of hydrogen-bond donors (Lipinski definition) is 3. The lowest BCUT2D eigenvalue weighted by molar-refractivity contribution is 0.0414. The second kappa shape index (κ2) is 7.26. The number of aryl methyl sites for hydroxylation is 1. The Morgan fingerprint density at radius 1 is 1.45 bits per heavy atom. The molecule has 0 aliphatic heterocycles. The number of aliphatic hydroxyl groups is 2. The van der Waals surface area contributed by atoms with Crippen LogP contribution in [0.15, 0.2) is 18.2 Å². The number of amides is 1. The molecule has 1 atom stereocenters. The average molecular weight is 281 g/mol. The maximum absolute atomic E-state index is 12.1. The van der Waals surface area contributed by atoms with Crippen molar-refractivity contribution >= 4 is 5.91 Å².